The number of amides is 1. The largest absolute Gasteiger partial charge is 0.505 e. The minimum absolute atomic E-state index is 0.0979. The fourth-order valence-electron chi connectivity index (χ4n) is 4.85. The van der Waals surface area contributed by atoms with Gasteiger partial charge in [0, 0.05) is 0 Å². The van der Waals surface area contributed by atoms with E-state index >= 15 is 0 Å². The number of aliphatic carboxylic acids is 1. The van der Waals surface area contributed by atoms with E-state index < -0.39 is 55.8 Å². The van der Waals surface area contributed by atoms with Gasteiger partial charge >= 0.3 is 5.97 Å². The van der Waals surface area contributed by atoms with Gasteiger partial charge in [0.2, 0.25) is 6.04 Å². The normalized spacial score (nSPS) is 15.0. The number of aromatic hydroxyl groups is 2. The molecule has 5 N–H and O–H groups in total. The Morgan fingerprint density at radius 1 is 0.792 bits per heavy atom. The molecule has 0 bridgehead atoms. The summed E-state index contributed by atoms with van der Waals surface area (Å²) in [6, 6.07) is 22.6. The predicted octanol–water partition coefficient (Wildman–Crippen LogP) is 7.70. The van der Waals surface area contributed by atoms with Gasteiger partial charge in [-0.15, -0.1) is 14.6 Å². The predicted molar refractivity (Wildman–Crippen MR) is 186 cm³/mol. The third-order valence-electron chi connectivity index (χ3n) is 7.24. The molecule has 6 rings (SSSR count). The van der Waals surface area contributed by atoms with Crippen molar-refractivity contribution in [2.45, 2.75) is 15.8 Å². The van der Waals surface area contributed by atoms with Crippen LogP contribution in [0.25, 0.3) is 10.8 Å². The van der Waals surface area contributed by atoms with Crippen molar-refractivity contribution in [1.82, 2.24) is 0 Å². The summed E-state index contributed by atoms with van der Waals surface area (Å²) in [5.74, 6) is -3.77. The highest BCUT2D eigenvalue weighted by atomic mass is 32.2. The Morgan fingerprint density at radius 2 is 1.36 bits per heavy atom. The van der Waals surface area contributed by atoms with Crippen molar-refractivity contribution in [2.24, 2.45) is 35.8 Å². The van der Waals surface area contributed by atoms with Crippen LogP contribution < -0.4 is 5.01 Å². The molecule has 19 nitrogen and oxygen atoms in total. The number of phenols is 2. The van der Waals surface area contributed by atoms with Gasteiger partial charge in [-0.05, 0) is 66.0 Å². The summed E-state index contributed by atoms with van der Waals surface area (Å²) >= 11 is 0.333. The molecule has 1 aliphatic heterocycles. The molecule has 5 aromatic carbocycles. The number of phenolic OH excluding ortho intramolecular Hbond substituents is 2. The standard InChI is InChI=1S/C32H22N8O11S2/c41-29-24-17(16-23(53(47,48)49)26(30(24)42)37-33-18-7-3-1-4-8-18)15-22(52-51-50-46)25(29)36-34-19-11-13-20(14-12-19)35-38-27-28(32(44)45)39-40(31(27)43)21-9-5-2-6-10-21/h1-16,27,41-42,46H,(H,44,45)(H,47,48,49). The highest BCUT2D eigenvalue weighted by molar-refractivity contribution is 7.94. The van der Waals surface area contributed by atoms with E-state index in [-0.39, 0.29) is 38.4 Å². The number of carboxylic acids is 1. The molecule has 0 saturated carbocycles. The molecule has 1 aliphatic rings. The summed E-state index contributed by atoms with van der Waals surface area (Å²) in [7, 11) is -4.99. The van der Waals surface area contributed by atoms with Crippen LogP contribution in [0.5, 0.6) is 11.5 Å². The molecule has 0 fully saturated rings. The molecule has 1 amide bonds. The van der Waals surface area contributed by atoms with E-state index in [2.05, 4.69) is 45.2 Å². The Labute approximate surface area is 301 Å². The maximum absolute atomic E-state index is 13.0. The average Bonchev–Trinajstić information content (AvgIpc) is 3.48. The zero-order chi connectivity index (χ0) is 37.7. The Balaban J connectivity index is 1.32. The van der Waals surface area contributed by atoms with Crippen LogP contribution in [0.4, 0.5) is 34.1 Å². The number of carbonyl (C=O) groups excluding carboxylic acids is 1. The number of benzene rings is 5. The number of hydrogen-bond acceptors (Lipinski definition) is 17. The molecule has 268 valence electrons. The third-order valence-corrected chi connectivity index (χ3v) is 8.72. The summed E-state index contributed by atoms with van der Waals surface area (Å²) < 4.78 is 39.0. The Morgan fingerprint density at radius 3 is 1.96 bits per heavy atom. The van der Waals surface area contributed by atoms with E-state index in [1.807, 2.05) is 0 Å². The zero-order valence-corrected chi connectivity index (χ0v) is 28.0. The number of carbonyl (C=O) groups is 2. The summed E-state index contributed by atoms with van der Waals surface area (Å²) in [6.07, 6.45) is 0. The van der Waals surface area contributed by atoms with Crippen LogP contribution in [-0.2, 0) is 29.1 Å². The number of rotatable bonds is 12. The van der Waals surface area contributed by atoms with Crippen LogP contribution in [0.3, 0.4) is 0 Å². The fraction of sp³-hybridized carbons (Fsp3) is 0.0312. The van der Waals surface area contributed by atoms with Crippen LogP contribution in [0.15, 0.2) is 143 Å². The Kier molecular flexibility index (Phi) is 10.6. The van der Waals surface area contributed by atoms with Crippen molar-refractivity contribution in [3.05, 3.63) is 97.1 Å². The molecule has 0 saturated heterocycles. The summed E-state index contributed by atoms with van der Waals surface area (Å²) in [5.41, 5.74) is -0.516. The molecule has 0 aliphatic carbocycles. The first-order valence-electron chi connectivity index (χ1n) is 14.7. The molecule has 21 heteroatoms. The number of fused-ring (bicyclic) bond motifs is 1. The van der Waals surface area contributed by atoms with Gasteiger partial charge in [0.1, 0.15) is 16.3 Å². The van der Waals surface area contributed by atoms with Crippen LogP contribution >= 0.6 is 12.0 Å². The maximum Gasteiger partial charge on any atom is 0.355 e. The zero-order valence-electron chi connectivity index (χ0n) is 26.4. The van der Waals surface area contributed by atoms with Crippen LogP contribution in [0, 0.1) is 0 Å². The number of carboxylic acid groups (broad SMARTS) is 1. The molecule has 5 aromatic rings. The van der Waals surface area contributed by atoms with Crippen LogP contribution in [0.1, 0.15) is 0 Å². The number of hydrogen-bond donors (Lipinski definition) is 5. The Hall–Kier alpha value is -6.49. The first-order valence-corrected chi connectivity index (χ1v) is 16.9. The lowest BCUT2D eigenvalue weighted by atomic mass is 10.1. The minimum Gasteiger partial charge on any atom is -0.505 e. The van der Waals surface area contributed by atoms with E-state index in [9.17, 15) is 37.9 Å². The van der Waals surface area contributed by atoms with Gasteiger partial charge < -0.3 is 15.3 Å². The number of anilines is 1. The van der Waals surface area contributed by atoms with E-state index in [0.29, 0.717) is 17.7 Å². The van der Waals surface area contributed by atoms with E-state index in [4.69, 9.17) is 5.26 Å². The Bertz CT molecular complexity index is 2450. The monoisotopic (exact) mass is 758 g/mol. The van der Waals surface area contributed by atoms with Gasteiger partial charge in [-0.3, -0.25) is 9.35 Å². The first kappa shape index (κ1) is 36.3. The second-order valence-corrected chi connectivity index (χ2v) is 12.7. The van der Waals surface area contributed by atoms with Crippen LogP contribution in [0.2, 0.25) is 0 Å². The SMILES string of the molecule is O=C(O)C1=NN(c2ccccc2)C(=O)C1N=Nc1ccc(N=Nc2c(SOOO)cc3cc(S(=O)(=O)O)c(N=Nc4ccccc4)c(O)c3c2O)cc1. The van der Waals surface area contributed by atoms with Crippen molar-refractivity contribution in [3.63, 3.8) is 0 Å². The molecular weight excluding hydrogens is 737 g/mol. The van der Waals surface area contributed by atoms with Crippen molar-refractivity contribution in [1.29, 1.82) is 0 Å². The maximum atomic E-state index is 13.0. The molecule has 1 unspecified atom stereocenters. The molecular formula is C32H22N8O11S2. The van der Waals surface area contributed by atoms with Gasteiger partial charge in [-0.2, -0.15) is 39.0 Å². The second-order valence-electron chi connectivity index (χ2n) is 10.6. The highest BCUT2D eigenvalue weighted by Crippen LogP contribution is 2.51. The van der Waals surface area contributed by atoms with Crippen molar-refractivity contribution in [2.75, 3.05) is 5.01 Å². The van der Waals surface area contributed by atoms with E-state index in [1.54, 1.807) is 60.7 Å². The van der Waals surface area contributed by atoms with Crippen molar-refractivity contribution >= 4 is 84.6 Å². The summed E-state index contributed by atoms with van der Waals surface area (Å²) in [4.78, 5) is 23.8. The van der Waals surface area contributed by atoms with Crippen molar-refractivity contribution < 1.29 is 52.5 Å². The highest BCUT2D eigenvalue weighted by Gasteiger charge is 2.41. The molecule has 53 heavy (non-hydrogen) atoms. The summed E-state index contributed by atoms with van der Waals surface area (Å²) in [6.45, 7) is 0. The van der Waals surface area contributed by atoms with Gasteiger partial charge in [-0.25, -0.2) is 10.1 Å². The van der Waals surface area contributed by atoms with Crippen LogP contribution in [-0.4, -0.2) is 57.2 Å². The lowest BCUT2D eigenvalue weighted by Crippen LogP contribution is -2.32. The average molecular weight is 759 g/mol. The van der Waals surface area contributed by atoms with Gasteiger partial charge in [0.05, 0.1) is 45.1 Å². The fourth-order valence-corrected chi connectivity index (χ4v) is 6.00. The van der Waals surface area contributed by atoms with Gasteiger partial charge in [0.15, 0.2) is 17.2 Å². The first-order chi connectivity index (χ1) is 25.5. The molecule has 1 heterocycles. The smallest absolute Gasteiger partial charge is 0.355 e. The number of hydrazone groups is 1. The minimum atomic E-state index is -4.99. The van der Waals surface area contributed by atoms with Gasteiger partial charge in [-0.1, -0.05) is 41.4 Å². The molecule has 0 aromatic heterocycles. The number of para-hydroxylation sites is 1. The van der Waals surface area contributed by atoms with E-state index in [1.165, 1.54) is 30.3 Å². The molecule has 1 atom stereocenters. The van der Waals surface area contributed by atoms with Crippen molar-refractivity contribution in [3.8, 4) is 11.5 Å². The molecule has 0 radical (unpaired) electrons. The van der Waals surface area contributed by atoms with E-state index in [0.717, 1.165) is 11.1 Å². The van der Waals surface area contributed by atoms with Gasteiger partial charge in [0.25, 0.3) is 16.0 Å². The lowest BCUT2D eigenvalue weighted by Gasteiger charge is -2.13. The summed E-state index contributed by atoms with van der Waals surface area (Å²) in [5, 5.41) is 72.6. The quantitative estimate of drug-likeness (QED) is 0.0269. The lowest BCUT2D eigenvalue weighted by molar-refractivity contribution is -0.432. The second kappa shape index (κ2) is 15.4. The number of nitrogens with zero attached hydrogens (tertiary/aromatic N) is 8. The third kappa shape index (κ3) is 7.89. The topological polar surface area (TPSA) is 278 Å². The molecule has 0 spiro atoms. The number of azo groups is 3.